The minimum atomic E-state index is -3.16. The molecule has 6 rings (SSSR count). The maximum Gasteiger partial charge on any atom is 0.233 e. The van der Waals surface area contributed by atoms with E-state index in [1.807, 2.05) is 77.5 Å². The lowest BCUT2D eigenvalue weighted by Gasteiger charge is -2.28. The number of amides is 1. The van der Waals surface area contributed by atoms with Crippen molar-refractivity contribution in [1.29, 1.82) is 0 Å². The summed E-state index contributed by atoms with van der Waals surface area (Å²) in [5.74, 6) is 0.667. The molecule has 1 unspecified atom stereocenters. The third-order valence-corrected chi connectivity index (χ3v) is 9.95. The Bertz CT molecular complexity index is 1770. The molecule has 1 fully saturated rings. The Labute approximate surface area is 241 Å². The molecular formula is C29H26ClN5O3S2. The lowest BCUT2D eigenvalue weighted by molar-refractivity contribution is -0.130. The summed E-state index contributed by atoms with van der Waals surface area (Å²) in [6, 6.07) is 24.6. The number of aromatic nitrogens is 4. The van der Waals surface area contributed by atoms with E-state index in [1.165, 1.54) is 11.8 Å². The third-order valence-electron chi connectivity index (χ3n) is 7.04. The predicted molar refractivity (Wildman–Crippen MR) is 158 cm³/mol. The van der Waals surface area contributed by atoms with E-state index >= 15 is 0 Å². The van der Waals surface area contributed by atoms with Crippen LogP contribution in [0, 0.1) is 0 Å². The summed E-state index contributed by atoms with van der Waals surface area (Å²) in [7, 11) is -3.16. The van der Waals surface area contributed by atoms with Gasteiger partial charge in [0.05, 0.1) is 17.3 Å². The summed E-state index contributed by atoms with van der Waals surface area (Å²) in [5, 5.41) is 11.2. The molecule has 0 aliphatic carbocycles. The molecule has 1 aliphatic heterocycles. The van der Waals surface area contributed by atoms with Gasteiger partial charge in [0.1, 0.15) is 0 Å². The van der Waals surface area contributed by atoms with E-state index < -0.39 is 9.84 Å². The Hall–Kier alpha value is -3.60. The van der Waals surface area contributed by atoms with Crippen molar-refractivity contribution in [2.24, 2.45) is 0 Å². The molecule has 0 saturated carbocycles. The van der Waals surface area contributed by atoms with Crippen molar-refractivity contribution in [1.82, 2.24) is 24.6 Å². The molecule has 40 heavy (non-hydrogen) atoms. The number of rotatable bonds is 8. The number of benzene rings is 3. The molecule has 1 atom stereocenters. The van der Waals surface area contributed by atoms with Gasteiger partial charge in [-0.05, 0) is 42.3 Å². The van der Waals surface area contributed by atoms with Crippen LogP contribution in [0.1, 0.15) is 12.0 Å². The number of hydrogen-bond donors (Lipinski definition) is 1. The van der Waals surface area contributed by atoms with E-state index in [0.717, 1.165) is 27.7 Å². The van der Waals surface area contributed by atoms with E-state index in [0.29, 0.717) is 29.0 Å². The zero-order chi connectivity index (χ0) is 27.7. The summed E-state index contributed by atoms with van der Waals surface area (Å²) < 4.78 is 26.4. The van der Waals surface area contributed by atoms with Gasteiger partial charge in [-0.3, -0.25) is 9.36 Å². The summed E-state index contributed by atoms with van der Waals surface area (Å²) in [5.41, 5.74) is 3.64. The molecule has 5 aromatic rings. The van der Waals surface area contributed by atoms with Crippen molar-refractivity contribution in [2.75, 3.05) is 17.3 Å². The van der Waals surface area contributed by atoms with Crippen LogP contribution in [-0.4, -0.2) is 62.3 Å². The highest BCUT2D eigenvalue weighted by atomic mass is 35.5. The molecule has 204 valence electrons. The minimum absolute atomic E-state index is 0.0120. The molecule has 8 nitrogen and oxygen atoms in total. The standard InChI is InChI=1S/C29H26ClN5O3S2/c30-21-10-12-22(13-11-21)35-28(25-16-31-26-9-5-4-8-24(25)26)32-33-29(35)39-18-27(36)34(17-20-6-2-1-3-7-20)23-14-15-40(37,38)19-23/h1-13,16,23,31H,14-15,17-19H2. The van der Waals surface area contributed by atoms with E-state index in [-0.39, 0.29) is 29.2 Å². The number of carbonyl (C=O) groups excluding carboxylic acids is 1. The van der Waals surface area contributed by atoms with Gasteiger partial charge in [-0.15, -0.1) is 10.2 Å². The van der Waals surface area contributed by atoms with E-state index in [9.17, 15) is 13.2 Å². The van der Waals surface area contributed by atoms with Gasteiger partial charge in [-0.2, -0.15) is 0 Å². The van der Waals surface area contributed by atoms with Crippen LogP contribution in [0.2, 0.25) is 5.02 Å². The first-order valence-electron chi connectivity index (χ1n) is 12.8. The highest BCUT2D eigenvalue weighted by Crippen LogP contribution is 2.33. The second-order valence-electron chi connectivity index (χ2n) is 9.72. The smallest absolute Gasteiger partial charge is 0.233 e. The fourth-order valence-corrected chi connectivity index (χ4v) is 7.74. The van der Waals surface area contributed by atoms with Crippen molar-refractivity contribution >= 4 is 50.0 Å². The van der Waals surface area contributed by atoms with Gasteiger partial charge in [0.15, 0.2) is 20.8 Å². The number of nitrogens with zero attached hydrogens (tertiary/aromatic N) is 4. The quantitative estimate of drug-likeness (QED) is 0.243. The first-order valence-corrected chi connectivity index (χ1v) is 16.0. The van der Waals surface area contributed by atoms with Crippen molar-refractivity contribution in [3.8, 4) is 17.1 Å². The molecule has 1 saturated heterocycles. The van der Waals surface area contributed by atoms with Crippen molar-refractivity contribution in [3.63, 3.8) is 0 Å². The monoisotopic (exact) mass is 591 g/mol. The van der Waals surface area contributed by atoms with Gasteiger partial charge in [-0.1, -0.05) is 71.9 Å². The third kappa shape index (κ3) is 5.52. The second kappa shape index (κ2) is 11.1. The van der Waals surface area contributed by atoms with Gasteiger partial charge in [0, 0.05) is 46.0 Å². The van der Waals surface area contributed by atoms with Crippen molar-refractivity contribution in [2.45, 2.75) is 24.2 Å². The Morgan fingerprint density at radius 1 is 1.02 bits per heavy atom. The average Bonchev–Trinajstić information content (AvgIpc) is 3.67. The second-order valence-corrected chi connectivity index (χ2v) is 13.3. The fourth-order valence-electron chi connectivity index (χ4n) is 5.05. The Balaban J connectivity index is 1.32. The number of para-hydroxylation sites is 1. The van der Waals surface area contributed by atoms with Crippen LogP contribution in [0.15, 0.2) is 90.2 Å². The van der Waals surface area contributed by atoms with E-state index in [4.69, 9.17) is 11.6 Å². The first kappa shape index (κ1) is 26.6. The SMILES string of the molecule is O=C(CSc1nnc(-c2c[nH]c3ccccc23)n1-c1ccc(Cl)cc1)N(Cc1ccccc1)C1CCS(=O)(=O)C1. The predicted octanol–water partition coefficient (Wildman–Crippen LogP) is 5.38. The van der Waals surface area contributed by atoms with Crippen molar-refractivity contribution < 1.29 is 13.2 Å². The lowest BCUT2D eigenvalue weighted by atomic mass is 10.1. The zero-order valence-corrected chi connectivity index (χ0v) is 23.8. The maximum atomic E-state index is 13.7. The molecule has 3 heterocycles. The molecule has 0 spiro atoms. The molecule has 3 aromatic carbocycles. The highest BCUT2D eigenvalue weighted by Gasteiger charge is 2.35. The Morgan fingerprint density at radius 2 is 1.77 bits per heavy atom. The molecule has 0 radical (unpaired) electrons. The maximum absolute atomic E-state index is 13.7. The lowest BCUT2D eigenvalue weighted by Crippen LogP contribution is -2.41. The summed E-state index contributed by atoms with van der Waals surface area (Å²) in [6.45, 7) is 0.352. The van der Waals surface area contributed by atoms with Gasteiger partial charge < -0.3 is 9.88 Å². The molecule has 11 heteroatoms. The van der Waals surface area contributed by atoms with Crippen LogP contribution in [0.5, 0.6) is 0 Å². The number of hydrogen-bond acceptors (Lipinski definition) is 6. The largest absolute Gasteiger partial charge is 0.360 e. The number of thioether (sulfide) groups is 1. The molecule has 0 bridgehead atoms. The molecule has 1 N–H and O–H groups in total. The number of sulfone groups is 1. The minimum Gasteiger partial charge on any atom is -0.360 e. The van der Waals surface area contributed by atoms with E-state index in [2.05, 4.69) is 15.2 Å². The van der Waals surface area contributed by atoms with Gasteiger partial charge in [0.25, 0.3) is 0 Å². The van der Waals surface area contributed by atoms with Crippen LogP contribution < -0.4 is 0 Å². The average molecular weight is 592 g/mol. The van der Waals surface area contributed by atoms with Gasteiger partial charge >= 0.3 is 0 Å². The molecule has 2 aromatic heterocycles. The number of H-pyrrole nitrogens is 1. The summed E-state index contributed by atoms with van der Waals surface area (Å²) >= 11 is 7.45. The number of halogens is 1. The van der Waals surface area contributed by atoms with Crippen LogP contribution in [0.4, 0.5) is 0 Å². The van der Waals surface area contributed by atoms with Crippen molar-refractivity contribution in [3.05, 3.63) is 95.6 Å². The fraction of sp³-hybridized carbons (Fsp3) is 0.207. The number of carbonyl (C=O) groups is 1. The number of aromatic amines is 1. The molecule has 1 aliphatic rings. The Morgan fingerprint density at radius 3 is 2.52 bits per heavy atom. The van der Waals surface area contributed by atoms with Crippen LogP contribution >= 0.6 is 23.4 Å². The van der Waals surface area contributed by atoms with Crippen LogP contribution in [0.3, 0.4) is 0 Å². The number of nitrogens with one attached hydrogen (secondary N) is 1. The zero-order valence-electron chi connectivity index (χ0n) is 21.4. The Kier molecular flexibility index (Phi) is 7.39. The first-order chi connectivity index (χ1) is 19.4. The van der Waals surface area contributed by atoms with Gasteiger partial charge in [-0.25, -0.2) is 8.42 Å². The molecular weight excluding hydrogens is 566 g/mol. The molecule has 1 amide bonds. The topological polar surface area (TPSA) is 101 Å². The van der Waals surface area contributed by atoms with Crippen LogP contribution in [-0.2, 0) is 21.2 Å². The summed E-state index contributed by atoms with van der Waals surface area (Å²) in [4.78, 5) is 18.6. The van der Waals surface area contributed by atoms with Crippen LogP contribution in [0.25, 0.3) is 28.0 Å². The van der Waals surface area contributed by atoms with Gasteiger partial charge in [0.2, 0.25) is 5.91 Å². The van der Waals surface area contributed by atoms with E-state index in [1.54, 1.807) is 17.0 Å². The number of fused-ring (bicyclic) bond motifs is 1. The highest BCUT2D eigenvalue weighted by molar-refractivity contribution is 7.99. The normalized spacial score (nSPS) is 16.4. The summed E-state index contributed by atoms with van der Waals surface area (Å²) in [6.07, 6.45) is 2.35.